The van der Waals surface area contributed by atoms with Crippen molar-refractivity contribution in [3.63, 3.8) is 0 Å². The highest BCUT2D eigenvalue weighted by molar-refractivity contribution is 6.35. The van der Waals surface area contributed by atoms with E-state index in [1.165, 1.54) is 4.90 Å². The Hall–Kier alpha value is -1.14. The van der Waals surface area contributed by atoms with Gasteiger partial charge in [0.25, 0.3) is 0 Å². The fraction of sp³-hybridized carbons (Fsp3) is 0.846. The molecule has 1 fully saturated rings. The Morgan fingerprint density at radius 1 is 1.05 bits per heavy atom. The number of carbonyl (C=O) groups is 2. The number of nitrogens with zero attached hydrogens (tertiary/aromatic N) is 2. The Morgan fingerprint density at radius 3 is 2.11 bits per heavy atom. The molecule has 2 amide bonds. The Bertz CT molecular complexity index is 314. The van der Waals surface area contributed by atoms with Crippen LogP contribution in [0.25, 0.3) is 0 Å². The Kier molecular flexibility index (Phi) is 6.24. The van der Waals surface area contributed by atoms with Gasteiger partial charge in [-0.2, -0.15) is 0 Å². The maximum absolute atomic E-state index is 12.0. The second-order valence-electron chi connectivity index (χ2n) is 4.68. The molecule has 1 rings (SSSR count). The maximum atomic E-state index is 12.0. The Labute approximate surface area is 114 Å². The van der Waals surface area contributed by atoms with E-state index in [-0.39, 0.29) is 6.04 Å². The summed E-state index contributed by atoms with van der Waals surface area (Å²) in [6, 6.07) is 0.0492. The lowest BCUT2D eigenvalue weighted by Crippen LogP contribution is -2.57. The van der Waals surface area contributed by atoms with Crippen LogP contribution in [0.2, 0.25) is 0 Å². The summed E-state index contributed by atoms with van der Waals surface area (Å²) in [6.07, 6.45) is -0.461. The highest BCUT2D eigenvalue weighted by atomic mass is 16.7. The zero-order valence-corrected chi connectivity index (χ0v) is 12.2. The molecular weight excluding hydrogens is 248 g/mol. The SMILES string of the molecule is CCOC(CN1CCN(C(C)C)C(=O)C1=O)OCC. The van der Waals surface area contributed by atoms with Crippen molar-refractivity contribution >= 4 is 11.8 Å². The van der Waals surface area contributed by atoms with E-state index < -0.39 is 18.1 Å². The van der Waals surface area contributed by atoms with E-state index in [0.717, 1.165) is 0 Å². The van der Waals surface area contributed by atoms with E-state index in [1.807, 2.05) is 27.7 Å². The lowest BCUT2D eigenvalue weighted by molar-refractivity contribution is -0.170. The van der Waals surface area contributed by atoms with Crippen molar-refractivity contribution in [1.82, 2.24) is 9.80 Å². The van der Waals surface area contributed by atoms with E-state index >= 15 is 0 Å². The third kappa shape index (κ3) is 4.18. The molecule has 0 N–H and O–H groups in total. The first kappa shape index (κ1) is 15.9. The highest BCUT2D eigenvalue weighted by Crippen LogP contribution is 2.10. The van der Waals surface area contributed by atoms with Gasteiger partial charge in [-0.05, 0) is 27.7 Å². The number of carbonyl (C=O) groups excluding carboxylic acids is 2. The molecule has 1 saturated heterocycles. The topological polar surface area (TPSA) is 59.1 Å². The fourth-order valence-corrected chi connectivity index (χ4v) is 2.06. The van der Waals surface area contributed by atoms with Crippen LogP contribution in [-0.2, 0) is 19.1 Å². The van der Waals surface area contributed by atoms with E-state index in [4.69, 9.17) is 9.47 Å². The third-order valence-corrected chi connectivity index (χ3v) is 3.04. The zero-order chi connectivity index (χ0) is 14.4. The van der Waals surface area contributed by atoms with Gasteiger partial charge in [-0.15, -0.1) is 0 Å². The Balaban J connectivity index is 2.60. The molecule has 0 bridgehead atoms. The average Bonchev–Trinajstić information content (AvgIpc) is 2.35. The van der Waals surface area contributed by atoms with Gasteiger partial charge in [0.15, 0.2) is 6.29 Å². The van der Waals surface area contributed by atoms with Gasteiger partial charge in [0.05, 0.1) is 6.54 Å². The molecule has 0 radical (unpaired) electrons. The molecule has 0 aromatic carbocycles. The van der Waals surface area contributed by atoms with Crippen LogP contribution in [0, 0.1) is 0 Å². The molecule has 6 nitrogen and oxygen atoms in total. The number of hydrogen-bond donors (Lipinski definition) is 0. The molecule has 0 spiro atoms. The predicted molar refractivity (Wildman–Crippen MR) is 70.5 cm³/mol. The van der Waals surface area contributed by atoms with Gasteiger partial charge in [-0.1, -0.05) is 0 Å². The van der Waals surface area contributed by atoms with Gasteiger partial charge < -0.3 is 19.3 Å². The number of ether oxygens (including phenoxy) is 2. The van der Waals surface area contributed by atoms with Crippen LogP contribution in [0.5, 0.6) is 0 Å². The fourth-order valence-electron chi connectivity index (χ4n) is 2.06. The van der Waals surface area contributed by atoms with Gasteiger partial charge in [-0.3, -0.25) is 9.59 Å². The van der Waals surface area contributed by atoms with Crippen LogP contribution in [0.15, 0.2) is 0 Å². The van der Waals surface area contributed by atoms with Gasteiger partial charge >= 0.3 is 11.8 Å². The molecule has 0 unspecified atom stereocenters. The van der Waals surface area contributed by atoms with Crippen molar-refractivity contribution in [3.8, 4) is 0 Å². The number of hydrogen-bond acceptors (Lipinski definition) is 4. The normalized spacial score (nSPS) is 16.9. The van der Waals surface area contributed by atoms with Gasteiger partial charge in [0.1, 0.15) is 0 Å². The molecule has 110 valence electrons. The summed E-state index contributed by atoms with van der Waals surface area (Å²) < 4.78 is 10.8. The zero-order valence-electron chi connectivity index (χ0n) is 12.2. The molecular formula is C13H24N2O4. The molecule has 6 heteroatoms. The quantitative estimate of drug-likeness (QED) is 0.499. The molecule has 0 atom stereocenters. The van der Waals surface area contributed by atoms with Crippen LogP contribution < -0.4 is 0 Å². The van der Waals surface area contributed by atoms with E-state index in [0.29, 0.717) is 32.8 Å². The minimum atomic E-state index is -0.468. The average molecular weight is 272 g/mol. The first-order valence-electron chi connectivity index (χ1n) is 6.84. The van der Waals surface area contributed by atoms with Crippen LogP contribution >= 0.6 is 0 Å². The molecule has 0 aliphatic carbocycles. The van der Waals surface area contributed by atoms with Gasteiger partial charge in [0, 0.05) is 32.3 Å². The number of piperazine rings is 1. The lowest BCUT2D eigenvalue weighted by Gasteiger charge is -2.37. The van der Waals surface area contributed by atoms with Crippen LogP contribution in [-0.4, -0.2) is 66.8 Å². The first-order valence-corrected chi connectivity index (χ1v) is 6.84. The van der Waals surface area contributed by atoms with E-state index in [2.05, 4.69) is 0 Å². The molecule has 1 heterocycles. The van der Waals surface area contributed by atoms with Crippen molar-refractivity contribution in [3.05, 3.63) is 0 Å². The number of amides is 2. The second-order valence-corrected chi connectivity index (χ2v) is 4.68. The van der Waals surface area contributed by atoms with Gasteiger partial charge in [-0.25, -0.2) is 0 Å². The highest BCUT2D eigenvalue weighted by Gasteiger charge is 2.34. The van der Waals surface area contributed by atoms with E-state index in [1.54, 1.807) is 4.90 Å². The molecule has 1 aliphatic heterocycles. The maximum Gasteiger partial charge on any atom is 0.312 e. The van der Waals surface area contributed by atoms with Crippen LogP contribution in [0.4, 0.5) is 0 Å². The van der Waals surface area contributed by atoms with Crippen molar-refractivity contribution < 1.29 is 19.1 Å². The van der Waals surface area contributed by atoms with Crippen molar-refractivity contribution in [2.24, 2.45) is 0 Å². The minimum absolute atomic E-state index is 0.0492. The largest absolute Gasteiger partial charge is 0.351 e. The summed E-state index contributed by atoms with van der Waals surface area (Å²) in [5, 5.41) is 0. The Morgan fingerprint density at radius 2 is 1.63 bits per heavy atom. The molecule has 19 heavy (non-hydrogen) atoms. The van der Waals surface area contributed by atoms with Crippen LogP contribution in [0.1, 0.15) is 27.7 Å². The summed E-state index contributed by atoms with van der Waals surface area (Å²) in [4.78, 5) is 27.0. The summed E-state index contributed by atoms with van der Waals surface area (Å²) in [7, 11) is 0. The summed E-state index contributed by atoms with van der Waals surface area (Å²) in [6.45, 7) is 9.97. The van der Waals surface area contributed by atoms with Crippen molar-refractivity contribution in [1.29, 1.82) is 0 Å². The van der Waals surface area contributed by atoms with Crippen molar-refractivity contribution in [2.75, 3.05) is 32.8 Å². The van der Waals surface area contributed by atoms with E-state index in [9.17, 15) is 9.59 Å². The number of rotatable bonds is 7. The van der Waals surface area contributed by atoms with Gasteiger partial charge in [0.2, 0.25) is 0 Å². The third-order valence-electron chi connectivity index (χ3n) is 3.04. The molecule has 1 aliphatic rings. The monoisotopic (exact) mass is 272 g/mol. The smallest absolute Gasteiger partial charge is 0.312 e. The second kappa shape index (κ2) is 7.45. The van der Waals surface area contributed by atoms with Crippen LogP contribution in [0.3, 0.4) is 0 Å². The predicted octanol–water partition coefficient (Wildman–Crippen LogP) is 0.465. The summed E-state index contributed by atoms with van der Waals surface area (Å²) in [5.41, 5.74) is 0. The summed E-state index contributed by atoms with van der Waals surface area (Å²) >= 11 is 0. The summed E-state index contributed by atoms with van der Waals surface area (Å²) in [5.74, 6) is -0.905. The molecule has 0 saturated carbocycles. The standard InChI is InChI=1S/C13H24N2O4/c1-5-18-11(19-6-2)9-14-7-8-15(10(3)4)13(17)12(14)16/h10-11H,5-9H2,1-4H3. The molecule has 0 aromatic rings. The molecule has 0 aromatic heterocycles. The minimum Gasteiger partial charge on any atom is -0.351 e. The lowest BCUT2D eigenvalue weighted by atomic mass is 10.2. The first-order chi connectivity index (χ1) is 9.01. The van der Waals surface area contributed by atoms with Crippen molar-refractivity contribution in [2.45, 2.75) is 40.0 Å².